The predicted molar refractivity (Wildman–Crippen MR) is 57.3 cm³/mol. The van der Waals surface area contributed by atoms with E-state index in [1.807, 2.05) is 34.7 Å². The topological polar surface area (TPSA) is 17.3 Å². The molecule has 0 aliphatic carbocycles. The molecule has 2 aromatic heterocycles. The van der Waals surface area contributed by atoms with E-state index in [1.165, 1.54) is 11.1 Å². The van der Waals surface area contributed by atoms with Crippen LogP contribution in [0.25, 0.3) is 5.52 Å². The molecular formula is C10H12N2S. The number of rotatable bonds is 3. The van der Waals surface area contributed by atoms with E-state index < -0.39 is 0 Å². The van der Waals surface area contributed by atoms with E-state index >= 15 is 0 Å². The standard InChI is InChI=1S/C10H12N2S/c1-13-7-5-9-8-11-12-6-3-2-4-10(9)12/h2-4,6,8H,5,7H2,1H3. The number of thioether (sulfide) groups is 1. The van der Waals surface area contributed by atoms with Gasteiger partial charge in [0.1, 0.15) is 0 Å². The van der Waals surface area contributed by atoms with Gasteiger partial charge in [-0.05, 0) is 36.1 Å². The van der Waals surface area contributed by atoms with Gasteiger partial charge in [-0.2, -0.15) is 16.9 Å². The van der Waals surface area contributed by atoms with Crippen molar-refractivity contribution in [1.29, 1.82) is 0 Å². The summed E-state index contributed by atoms with van der Waals surface area (Å²) in [6, 6.07) is 6.17. The monoisotopic (exact) mass is 192 g/mol. The summed E-state index contributed by atoms with van der Waals surface area (Å²) in [6.45, 7) is 0. The summed E-state index contributed by atoms with van der Waals surface area (Å²) in [7, 11) is 0. The summed E-state index contributed by atoms with van der Waals surface area (Å²) in [5, 5.41) is 4.28. The Morgan fingerprint density at radius 3 is 3.23 bits per heavy atom. The van der Waals surface area contributed by atoms with Gasteiger partial charge in [-0.1, -0.05) is 6.07 Å². The van der Waals surface area contributed by atoms with E-state index in [0.29, 0.717) is 0 Å². The van der Waals surface area contributed by atoms with Crippen molar-refractivity contribution >= 4 is 17.3 Å². The Kier molecular flexibility index (Phi) is 2.54. The Balaban J connectivity index is 2.35. The quantitative estimate of drug-likeness (QED) is 0.742. The van der Waals surface area contributed by atoms with E-state index in [0.717, 1.165) is 12.2 Å². The van der Waals surface area contributed by atoms with Crippen molar-refractivity contribution in [2.45, 2.75) is 6.42 Å². The zero-order valence-electron chi connectivity index (χ0n) is 7.60. The molecule has 0 saturated carbocycles. The third-order valence-electron chi connectivity index (χ3n) is 2.08. The minimum atomic E-state index is 1.11. The van der Waals surface area contributed by atoms with Crippen LogP contribution in [-0.2, 0) is 6.42 Å². The molecule has 13 heavy (non-hydrogen) atoms. The van der Waals surface area contributed by atoms with Crippen LogP contribution in [0.15, 0.2) is 30.6 Å². The molecule has 0 radical (unpaired) electrons. The van der Waals surface area contributed by atoms with Crippen LogP contribution in [0.2, 0.25) is 0 Å². The second-order valence-electron chi connectivity index (χ2n) is 2.94. The van der Waals surface area contributed by atoms with Crippen LogP contribution in [0.5, 0.6) is 0 Å². The van der Waals surface area contributed by atoms with Gasteiger partial charge >= 0.3 is 0 Å². The summed E-state index contributed by atoms with van der Waals surface area (Å²) in [5.41, 5.74) is 2.58. The van der Waals surface area contributed by atoms with E-state index in [4.69, 9.17) is 0 Å². The molecular weight excluding hydrogens is 180 g/mol. The number of hydrogen-bond acceptors (Lipinski definition) is 2. The van der Waals surface area contributed by atoms with Gasteiger partial charge in [0.05, 0.1) is 11.7 Å². The molecule has 0 spiro atoms. The van der Waals surface area contributed by atoms with Crippen LogP contribution in [0.3, 0.4) is 0 Å². The second-order valence-corrected chi connectivity index (χ2v) is 3.93. The summed E-state index contributed by atoms with van der Waals surface area (Å²) in [5.74, 6) is 1.16. The molecule has 0 amide bonds. The van der Waals surface area contributed by atoms with Gasteiger partial charge in [-0.15, -0.1) is 0 Å². The van der Waals surface area contributed by atoms with E-state index in [9.17, 15) is 0 Å². The lowest BCUT2D eigenvalue weighted by Gasteiger charge is -1.96. The van der Waals surface area contributed by atoms with Crippen molar-refractivity contribution in [3.05, 3.63) is 36.2 Å². The highest BCUT2D eigenvalue weighted by Crippen LogP contribution is 2.11. The molecule has 0 saturated heterocycles. The molecule has 0 aromatic carbocycles. The first-order valence-corrected chi connectivity index (χ1v) is 5.71. The van der Waals surface area contributed by atoms with Crippen molar-refractivity contribution in [2.75, 3.05) is 12.0 Å². The van der Waals surface area contributed by atoms with Gasteiger partial charge in [-0.3, -0.25) is 0 Å². The van der Waals surface area contributed by atoms with Crippen molar-refractivity contribution in [3.63, 3.8) is 0 Å². The second kappa shape index (κ2) is 3.83. The van der Waals surface area contributed by atoms with Crippen LogP contribution < -0.4 is 0 Å². The maximum atomic E-state index is 4.28. The minimum Gasteiger partial charge on any atom is -0.241 e. The summed E-state index contributed by atoms with van der Waals surface area (Å²) in [4.78, 5) is 0. The lowest BCUT2D eigenvalue weighted by molar-refractivity contribution is 0.961. The zero-order valence-corrected chi connectivity index (χ0v) is 8.42. The summed E-state index contributed by atoms with van der Waals surface area (Å²) >= 11 is 1.87. The normalized spacial score (nSPS) is 10.8. The molecule has 2 rings (SSSR count). The van der Waals surface area contributed by atoms with Crippen molar-refractivity contribution in [3.8, 4) is 0 Å². The number of aromatic nitrogens is 2. The lowest BCUT2D eigenvalue weighted by Crippen LogP contribution is -1.87. The maximum absolute atomic E-state index is 4.28. The Labute approximate surface area is 82.0 Å². The largest absolute Gasteiger partial charge is 0.241 e. The fraction of sp³-hybridized carbons (Fsp3) is 0.300. The number of nitrogens with zero attached hydrogens (tertiary/aromatic N) is 2. The first kappa shape index (κ1) is 8.63. The Hall–Kier alpha value is -0.960. The third-order valence-corrected chi connectivity index (χ3v) is 2.69. The first-order chi connectivity index (χ1) is 6.42. The lowest BCUT2D eigenvalue weighted by atomic mass is 10.2. The highest BCUT2D eigenvalue weighted by atomic mass is 32.2. The Morgan fingerprint density at radius 1 is 1.46 bits per heavy atom. The average molecular weight is 192 g/mol. The van der Waals surface area contributed by atoms with E-state index in [1.54, 1.807) is 0 Å². The maximum Gasteiger partial charge on any atom is 0.0693 e. The fourth-order valence-electron chi connectivity index (χ4n) is 1.39. The van der Waals surface area contributed by atoms with E-state index in [-0.39, 0.29) is 0 Å². The van der Waals surface area contributed by atoms with Gasteiger partial charge in [-0.25, -0.2) is 4.52 Å². The average Bonchev–Trinajstić information content (AvgIpc) is 2.58. The van der Waals surface area contributed by atoms with Crippen molar-refractivity contribution < 1.29 is 0 Å². The fourth-order valence-corrected chi connectivity index (χ4v) is 1.82. The molecule has 0 bridgehead atoms. The first-order valence-electron chi connectivity index (χ1n) is 4.32. The molecule has 68 valence electrons. The van der Waals surface area contributed by atoms with Crippen LogP contribution in [0.4, 0.5) is 0 Å². The Morgan fingerprint density at radius 2 is 2.38 bits per heavy atom. The molecule has 2 nitrogen and oxygen atoms in total. The number of pyridine rings is 1. The highest BCUT2D eigenvalue weighted by molar-refractivity contribution is 7.98. The summed E-state index contributed by atoms with van der Waals surface area (Å²) < 4.78 is 1.93. The van der Waals surface area contributed by atoms with Crippen LogP contribution in [0.1, 0.15) is 5.56 Å². The number of fused-ring (bicyclic) bond motifs is 1. The van der Waals surface area contributed by atoms with Crippen molar-refractivity contribution in [2.24, 2.45) is 0 Å². The molecule has 2 aromatic rings. The van der Waals surface area contributed by atoms with Gasteiger partial charge in [0.25, 0.3) is 0 Å². The van der Waals surface area contributed by atoms with E-state index in [2.05, 4.69) is 23.5 Å². The predicted octanol–water partition coefficient (Wildman–Crippen LogP) is 2.24. The molecule has 0 fully saturated rings. The van der Waals surface area contributed by atoms with Gasteiger partial charge in [0, 0.05) is 6.20 Å². The van der Waals surface area contributed by atoms with Crippen LogP contribution >= 0.6 is 11.8 Å². The molecule has 0 aliphatic heterocycles. The summed E-state index contributed by atoms with van der Waals surface area (Å²) in [6.07, 6.45) is 7.18. The van der Waals surface area contributed by atoms with Gasteiger partial charge < -0.3 is 0 Å². The third kappa shape index (κ3) is 1.70. The number of aryl methyl sites for hydroxylation is 1. The molecule has 3 heteroatoms. The number of hydrogen-bond donors (Lipinski definition) is 0. The molecule has 0 atom stereocenters. The smallest absolute Gasteiger partial charge is 0.0693 e. The van der Waals surface area contributed by atoms with Crippen LogP contribution in [-0.4, -0.2) is 21.6 Å². The molecule has 0 aliphatic rings. The van der Waals surface area contributed by atoms with Gasteiger partial charge in [0.15, 0.2) is 0 Å². The van der Waals surface area contributed by atoms with Crippen molar-refractivity contribution in [1.82, 2.24) is 9.61 Å². The minimum absolute atomic E-state index is 1.11. The zero-order chi connectivity index (χ0) is 9.10. The molecule has 0 unspecified atom stereocenters. The SMILES string of the molecule is CSCCc1cnn2ccccc12. The molecule has 2 heterocycles. The highest BCUT2D eigenvalue weighted by Gasteiger charge is 2.01. The Bertz CT molecular complexity index is 394. The van der Waals surface area contributed by atoms with Crippen LogP contribution in [0, 0.1) is 0 Å². The van der Waals surface area contributed by atoms with Gasteiger partial charge in [0.2, 0.25) is 0 Å². The molecule has 0 N–H and O–H groups in total.